The average molecular weight is 874 g/mol. The molecule has 0 saturated heterocycles. The predicted molar refractivity (Wildman–Crippen MR) is 228 cm³/mol. The number of unbranched alkanes of at least 4 members (excludes halogenated alkanes) is 1. The Bertz CT molecular complexity index is 1970. The number of carbonyl (C=O) groups excluding carboxylic acids is 8. The minimum atomic E-state index is -1.61. The summed E-state index contributed by atoms with van der Waals surface area (Å²) >= 11 is 0. The van der Waals surface area contributed by atoms with Crippen molar-refractivity contribution in [1.29, 1.82) is 0 Å². The predicted octanol–water partition coefficient (Wildman–Crippen LogP) is -3.74. The first kappa shape index (κ1) is 50.7. The van der Waals surface area contributed by atoms with Crippen molar-refractivity contribution in [2.24, 2.45) is 5.73 Å². The van der Waals surface area contributed by atoms with Gasteiger partial charge in [0.15, 0.2) is 0 Å². The van der Waals surface area contributed by atoms with Gasteiger partial charge in [-0.05, 0) is 49.9 Å². The molecule has 3 rings (SSSR count). The van der Waals surface area contributed by atoms with E-state index in [4.69, 9.17) is 5.73 Å². The largest absolute Gasteiger partial charge is 0.550 e. The molecule has 7 atom stereocenters. The van der Waals surface area contributed by atoms with Gasteiger partial charge in [0.2, 0.25) is 41.4 Å². The molecule has 0 aliphatic carbocycles. The van der Waals surface area contributed by atoms with E-state index in [-0.39, 0.29) is 25.7 Å². The number of amides is 7. The molecule has 0 aliphatic heterocycles. The molecule has 0 bridgehead atoms. The lowest BCUT2D eigenvalue weighted by molar-refractivity contribution is -0.368. The second-order valence-electron chi connectivity index (χ2n) is 15.0. The summed E-state index contributed by atoms with van der Waals surface area (Å²) in [7, 11) is 1.38. The quantitative estimate of drug-likeness (QED) is 0.0332. The summed E-state index contributed by atoms with van der Waals surface area (Å²) < 4.78 is 0. The third-order valence-electron chi connectivity index (χ3n) is 10.0. The second kappa shape index (κ2) is 26.6. The smallest absolute Gasteiger partial charge is 0.245 e. The molecule has 0 fully saturated rings. The maximum absolute atomic E-state index is 13.9. The number of likely N-dealkylation sites (N-methyl/N-ethyl adjacent to an activating group) is 1. The van der Waals surface area contributed by atoms with Gasteiger partial charge in [0.1, 0.15) is 36.3 Å². The number of carboxylic acid groups (broad SMARTS) is 1. The lowest BCUT2D eigenvalue weighted by atomic mass is 10.0. The number of benzene rings is 3. The third kappa shape index (κ3) is 17.7. The molecule has 3 aromatic carbocycles. The Morgan fingerprint density at radius 2 is 0.921 bits per heavy atom. The van der Waals surface area contributed by atoms with Gasteiger partial charge in [-0.1, -0.05) is 91.0 Å². The van der Waals surface area contributed by atoms with E-state index in [2.05, 4.69) is 43.0 Å². The van der Waals surface area contributed by atoms with Crippen LogP contribution in [0.4, 0.5) is 0 Å². The van der Waals surface area contributed by atoms with Gasteiger partial charge in [-0.15, -0.1) is 0 Å². The van der Waals surface area contributed by atoms with Crippen LogP contribution in [0.1, 0.15) is 49.3 Å². The van der Waals surface area contributed by atoms with Gasteiger partial charge in [0.25, 0.3) is 0 Å². The standard InChI is InChI=1S/C44H59N9O10/c1-27(48-41(60)33(22-28-14-6-3-7-15-28)51-40(59)32(47-2)25-37(55)56)39(58)50-34(23-29-16-8-4-9-17-29)43(62)53-36(26-54)44(63)52-35(24-30-18-10-5-11-19-30)42(61)49-31(38(46)57)20-12-13-21-45/h3-11,14-19,27,31-36,47,54H,12-13,20-26,45H2,1-2H3,(H2,46,57)(H,48,60)(H,49,61)(H,50,58)(H,51,59)(H,52,63)(H,53,62)(H,55,56)/t27-,31-,32-,33?,34?,35?,36-/m0/s1. The van der Waals surface area contributed by atoms with Gasteiger partial charge in [-0.25, -0.2) is 0 Å². The SMILES string of the molecule is CN[C@@H](CC(=O)[O-])C(=O)NC(Cc1ccccc1)C(=O)N[C@@H](C)C(=O)NC(Cc1ccccc1)C(=O)N[C@@H](CO)C(=O)NC(Cc1ccccc1)C(=O)N[C@@H](CCCC[NH3+])C(N)=O. The second-order valence-corrected chi connectivity index (χ2v) is 15.0. The third-order valence-corrected chi connectivity index (χ3v) is 10.0. The Morgan fingerprint density at radius 3 is 1.30 bits per heavy atom. The highest BCUT2D eigenvalue weighted by atomic mass is 16.4. The molecule has 0 saturated carbocycles. The van der Waals surface area contributed by atoms with Crippen LogP contribution in [0.15, 0.2) is 91.0 Å². The molecule has 63 heavy (non-hydrogen) atoms. The Kier molecular flexibility index (Phi) is 21.4. The summed E-state index contributed by atoms with van der Waals surface area (Å²) in [6.45, 7) is 1.07. The number of aliphatic carboxylic acids is 1. The average Bonchev–Trinajstić information content (AvgIpc) is 3.26. The Balaban J connectivity index is 1.80. The number of carbonyl (C=O) groups is 8. The lowest BCUT2D eigenvalue weighted by Gasteiger charge is -2.27. The molecule has 0 aromatic heterocycles. The molecular formula is C44H59N9O10. The van der Waals surface area contributed by atoms with Crippen molar-refractivity contribution in [1.82, 2.24) is 37.2 Å². The maximum atomic E-state index is 13.9. The molecule has 3 unspecified atom stereocenters. The number of nitrogens with one attached hydrogen (secondary N) is 7. The topological polar surface area (TPSA) is 318 Å². The van der Waals surface area contributed by atoms with Crippen molar-refractivity contribution in [2.45, 2.75) is 94.2 Å². The van der Waals surface area contributed by atoms with E-state index in [0.29, 0.717) is 36.1 Å². The summed E-state index contributed by atoms with van der Waals surface area (Å²) in [4.78, 5) is 105. The zero-order chi connectivity index (χ0) is 46.3. The molecule has 19 heteroatoms. The molecule has 13 N–H and O–H groups in total. The minimum Gasteiger partial charge on any atom is -0.550 e. The molecule has 0 spiro atoms. The van der Waals surface area contributed by atoms with E-state index in [1.807, 2.05) is 0 Å². The summed E-state index contributed by atoms with van der Waals surface area (Å²) in [6.07, 6.45) is 0.731. The molecule has 7 amide bonds. The van der Waals surface area contributed by atoms with Crippen molar-refractivity contribution in [3.05, 3.63) is 108 Å². The van der Waals surface area contributed by atoms with Crippen LogP contribution in [0.25, 0.3) is 0 Å². The van der Waals surface area contributed by atoms with E-state index in [0.717, 1.165) is 0 Å². The van der Waals surface area contributed by atoms with Gasteiger partial charge in [-0.3, -0.25) is 33.6 Å². The van der Waals surface area contributed by atoms with Crippen LogP contribution in [-0.4, -0.2) is 115 Å². The highest BCUT2D eigenvalue weighted by Gasteiger charge is 2.33. The summed E-state index contributed by atoms with van der Waals surface area (Å²) in [5, 5.41) is 39.5. The van der Waals surface area contributed by atoms with Gasteiger partial charge < -0.3 is 63.7 Å². The number of quaternary nitrogens is 1. The number of nitrogens with two attached hydrogens (primary N) is 1. The van der Waals surface area contributed by atoms with E-state index in [9.17, 15) is 48.6 Å². The van der Waals surface area contributed by atoms with Crippen LogP contribution in [0.2, 0.25) is 0 Å². The van der Waals surface area contributed by atoms with Crippen LogP contribution in [0.5, 0.6) is 0 Å². The summed E-state index contributed by atoms with van der Waals surface area (Å²) in [5.74, 6) is -7.18. The van der Waals surface area contributed by atoms with Gasteiger partial charge >= 0.3 is 0 Å². The number of aliphatic hydroxyl groups is 1. The van der Waals surface area contributed by atoms with Crippen LogP contribution in [0, 0.1) is 0 Å². The molecule has 0 radical (unpaired) electrons. The summed E-state index contributed by atoms with van der Waals surface area (Å²) in [5.41, 5.74) is 11.3. The van der Waals surface area contributed by atoms with Crippen molar-refractivity contribution < 1.29 is 54.3 Å². The normalized spacial score (nSPS) is 14.2. The Morgan fingerprint density at radius 1 is 0.556 bits per heavy atom. The van der Waals surface area contributed by atoms with E-state index in [1.54, 1.807) is 91.0 Å². The fourth-order valence-corrected chi connectivity index (χ4v) is 6.44. The Labute approximate surface area is 365 Å². The maximum Gasteiger partial charge on any atom is 0.245 e. The van der Waals surface area contributed by atoms with Crippen LogP contribution < -0.4 is 53.8 Å². The number of rotatable bonds is 27. The highest BCUT2D eigenvalue weighted by Crippen LogP contribution is 2.09. The molecular weight excluding hydrogens is 815 g/mol. The first-order valence-corrected chi connectivity index (χ1v) is 20.7. The van der Waals surface area contributed by atoms with E-state index < -0.39 is 103 Å². The van der Waals surface area contributed by atoms with Crippen molar-refractivity contribution in [3.63, 3.8) is 0 Å². The van der Waals surface area contributed by atoms with Crippen LogP contribution >= 0.6 is 0 Å². The van der Waals surface area contributed by atoms with Crippen LogP contribution in [0.3, 0.4) is 0 Å². The first-order valence-electron chi connectivity index (χ1n) is 20.7. The van der Waals surface area contributed by atoms with Gasteiger partial charge in [0, 0.05) is 31.7 Å². The fourth-order valence-electron chi connectivity index (χ4n) is 6.44. The lowest BCUT2D eigenvalue weighted by Crippen LogP contribution is -2.61. The molecule has 19 nitrogen and oxygen atoms in total. The zero-order valence-electron chi connectivity index (χ0n) is 35.5. The number of hydrogen-bond donors (Lipinski definition) is 10. The van der Waals surface area contributed by atoms with Gasteiger partial charge in [-0.2, -0.15) is 0 Å². The number of primary amides is 1. The number of hydrogen-bond acceptors (Lipinski definition) is 11. The minimum absolute atomic E-state index is 0.0169. The Hall–Kier alpha value is -6.70. The molecule has 0 aliphatic rings. The van der Waals surface area contributed by atoms with Gasteiger partial charge in [0.05, 0.1) is 19.2 Å². The summed E-state index contributed by atoms with van der Waals surface area (Å²) in [6, 6.07) is 16.9. The molecule has 340 valence electrons. The van der Waals surface area contributed by atoms with E-state index >= 15 is 0 Å². The van der Waals surface area contributed by atoms with E-state index in [1.165, 1.54) is 14.0 Å². The highest BCUT2D eigenvalue weighted by molar-refractivity contribution is 5.97. The molecule has 3 aromatic rings. The monoisotopic (exact) mass is 873 g/mol. The van der Waals surface area contributed by atoms with Crippen molar-refractivity contribution in [3.8, 4) is 0 Å². The van der Waals surface area contributed by atoms with Crippen molar-refractivity contribution in [2.75, 3.05) is 20.2 Å². The fraction of sp³-hybridized carbons (Fsp3) is 0.409. The van der Waals surface area contributed by atoms with Crippen LogP contribution in [-0.2, 0) is 57.6 Å². The number of aliphatic hydroxyl groups excluding tert-OH is 1. The number of carboxylic acids is 1. The first-order chi connectivity index (χ1) is 30.1. The zero-order valence-corrected chi connectivity index (χ0v) is 35.5. The molecule has 0 heterocycles. The van der Waals surface area contributed by atoms with Crippen molar-refractivity contribution >= 4 is 47.3 Å².